The summed E-state index contributed by atoms with van der Waals surface area (Å²) in [7, 11) is -3.19. The average Bonchev–Trinajstić information content (AvgIpc) is 3.26. The van der Waals surface area contributed by atoms with Crippen LogP contribution in [0.1, 0.15) is 51.8 Å². The van der Waals surface area contributed by atoms with E-state index in [-0.39, 0.29) is 23.6 Å². The molecule has 4 unspecified atom stereocenters. The Bertz CT molecular complexity index is 1400. The van der Waals surface area contributed by atoms with E-state index >= 15 is 0 Å². The van der Waals surface area contributed by atoms with E-state index in [1.165, 1.54) is 38.3 Å². The van der Waals surface area contributed by atoms with Gasteiger partial charge < -0.3 is 19.1 Å². The molecule has 1 fully saturated rings. The van der Waals surface area contributed by atoms with Crippen LogP contribution in [0.15, 0.2) is 63.6 Å². The lowest BCUT2D eigenvalue weighted by Gasteiger charge is -2.26. The summed E-state index contributed by atoms with van der Waals surface area (Å²) in [5, 5.41) is 13.1. The van der Waals surface area contributed by atoms with Crippen molar-refractivity contribution in [1.29, 1.82) is 0 Å². The second-order valence-electron chi connectivity index (χ2n) is 9.15. The van der Waals surface area contributed by atoms with Gasteiger partial charge in [-0.1, -0.05) is 30.4 Å². The summed E-state index contributed by atoms with van der Waals surface area (Å²) in [6.45, 7) is 4.43. The normalized spacial score (nSPS) is 22.0. The molecule has 218 valence electrons. The number of ether oxygens (including phenoxy) is 2. The van der Waals surface area contributed by atoms with Gasteiger partial charge in [0, 0.05) is 12.6 Å². The molecule has 0 saturated carbocycles. The van der Waals surface area contributed by atoms with Crippen molar-refractivity contribution in [3.63, 3.8) is 0 Å². The number of carbonyl (C=O) groups excluding carboxylic acids is 1. The minimum Gasteiger partial charge on any atom is -0.468 e. The lowest BCUT2D eigenvalue weighted by Crippen LogP contribution is -2.37. The van der Waals surface area contributed by atoms with E-state index in [9.17, 15) is 28.4 Å². The van der Waals surface area contributed by atoms with Crippen LogP contribution in [0.2, 0.25) is 0 Å². The molecule has 0 spiro atoms. The molecule has 14 heteroatoms. The van der Waals surface area contributed by atoms with Crippen LogP contribution in [-0.2, 0) is 23.4 Å². The van der Waals surface area contributed by atoms with Crippen molar-refractivity contribution in [2.45, 2.75) is 64.7 Å². The summed E-state index contributed by atoms with van der Waals surface area (Å²) in [5.74, 6) is -0.847. The summed E-state index contributed by atoms with van der Waals surface area (Å²) < 4.78 is 49.4. The number of benzene rings is 1. The maximum atomic E-state index is 13.7. The van der Waals surface area contributed by atoms with Gasteiger partial charge in [0.2, 0.25) is 0 Å². The lowest BCUT2D eigenvalue weighted by molar-refractivity contribution is -0.143. The number of aliphatic hydroxyl groups is 1. The third-order valence-corrected chi connectivity index (χ3v) is 7.68. The third-order valence-electron chi connectivity index (χ3n) is 6.04. The number of rotatable bonds is 12. The zero-order valence-electron chi connectivity index (χ0n) is 22.5. The van der Waals surface area contributed by atoms with Crippen molar-refractivity contribution in [3.8, 4) is 5.75 Å². The fourth-order valence-corrected chi connectivity index (χ4v) is 5.31. The van der Waals surface area contributed by atoms with Crippen molar-refractivity contribution >= 4 is 19.8 Å². The predicted octanol–water partition coefficient (Wildman–Crippen LogP) is 3.55. The number of allylic oxidation sites excluding steroid dienone is 3. The molecule has 2 heterocycles. The van der Waals surface area contributed by atoms with Crippen LogP contribution in [0.4, 0.5) is 4.39 Å². The Morgan fingerprint density at radius 3 is 2.67 bits per heavy atom. The van der Waals surface area contributed by atoms with Gasteiger partial charge in [-0.15, -0.1) is 0 Å². The largest absolute Gasteiger partial charge is 0.468 e. The number of hydrogen-bond acceptors (Lipinski definition) is 9. The quantitative estimate of drug-likeness (QED) is 0.250. The molecule has 40 heavy (non-hydrogen) atoms. The number of nitrogens with one attached hydrogen (secondary N) is 2. The minimum atomic E-state index is -4.35. The Kier molecular flexibility index (Phi) is 10.8. The summed E-state index contributed by atoms with van der Waals surface area (Å²) >= 11 is 0. The minimum absolute atomic E-state index is 0.132. The van der Waals surface area contributed by atoms with E-state index in [0.717, 1.165) is 11.7 Å². The molecule has 0 radical (unpaired) electrons. The molecule has 1 aromatic heterocycles. The molecule has 12 nitrogen and oxygen atoms in total. The summed E-state index contributed by atoms with van der Waals surface area (Å²) in [6, 6.07) is 6.90. The molecular formula is C26H33FN3O9P. The standard InChI is InChI=1S/C26H33FN3O9P/c1-16(17(2)27)10-8-9-11-19-15-30(26(34)28-23(19)32)22-14-21(31)25(37-22)39-40(35,29-18(3)24(33)36-4)38-20-12-6-5-7-13-20/h5-7,9,11-13,15,18,21-22,25,31H,8,10,14H2,1-4H3,(H,29,35)(H,28,32,34)/b11-9+,17-16-/t18-,21?,22?,25?,40?/m0/s1. The molecule has 3 rings (SSSR count). The molecule has 0 aliphatic carbocycles. The molecule has 0 amide bonds. The first-order valence-corrected chi connectivity index (χ1v) is 14.0. The number of aromatic amines is 1. The number of halogens is 1. The zero-order valence-corrected chi connectivity index (χ0v) is 23.4. The molecule has 1 saturated heterocycles. The van der Waals surface area contributed by atoms with Gasteiger partial charge in [0.1, 0.15) is 24.1 Å². The molecule has 0 bridgehead atoms. The Balaban J connectivity index is 1.80. The first-order valence-electron chi connectivity index (χ1n) is 12.5. The van der Waals surface area contributed by atoms with Crippen LogP contribution in [-0.4, -0.2) is 46.2 Å². The van der Waals surface area contributed by atoms with E-state index in [0.29, 0.717) is 18.4 Å². The van der Waals surface area contributed by atoms with Crippen molar-refractivity contribution in [2.24, 2.45) is 0 Å². The molecule has 3 N–H and O–H groups in total. The second-order valence-corrected chi connectivity index (χ2v) is 10.8. The van der Waals surface area contributed by atoms with E-state index < -0.39 is 49.6 Å². The molecule has 1 aromatic carbocycles. The van der Waals surface area contributed by atoms with Crippen LogP contribution in [0.3, 0.4) is 0 Å². The van der Waals surface area contributed by atoms with Crippen molar-refractivity contribution in [2.75, 3.05) is 7.11 Å². The van der Waals surface area contributed by atoms with Crippen molar-refractivity contribution < 1.29 is 37.4 Å². The first kappa shape index (κ1) is 31.2. The number of aliphatic hydroxyl groups excluding tert-OH is 1. The van der Waals surface area contributed by atoms with E-state index in [1.54, 1.807) is 31.2 Å². The SMILES string of the molecule is COC(=O)[C@H](C)NP(=O)(Oc1ccccc1)OC1OC(n2cc(/C=C/CC/C(C)=C(/C)F)c(=O)[nH]c2=O)CC1O. The summed E-state index contributed by atoms with van der Waals surface area (Å²) in [6.07, 6.45) is 1.21. The highest BCUT2D eigenvalue weighted by Crippen LogP contribution is 2.48. The Labute approximate surface area is 230 Å². The van der Waals surface area contributed by atoms with Crippen LogP contribution in [0, 0.1) is 0 Å². The van der Waals surface area contributed by atoms with Gasteiger partial charge >= 0.3 is 19.4 Å². The number of nitrogens with zero attached hydrogens (tertiary/aromatic N) is 1. The Morgan fingerprint density at radius 2 is 2.02 bits per heavy atom. The van der Waals surface area contributed by atoms with Gasteiger partial charge in [0.25, 0.3) is 5.56 Å². The molecule has 1 aliphatic heterocycles. The van der Waals surface area contributed by atoms with Crippen LogP contribution in [0.25, 0.3) is 6.08 Å². The number of aromatic nitrogens is 2. The average molecular weight is 582 g/mol. The molecule has 5 atom stereocenters. The predicted molar refractivity (Wildman–Crippen MR) is 144 cm³/mol. The van der Waals surface area contributed by atoms with Crippen molar-refractivity contribution in [1.82, 2.24) is 14.6 Å². The fourth-order valence-electron chi connectivity index (χ4n) is 3.71. The Hall–Kier alpha value is -3.35. The first-order chi connectivity index (χ1) is 18.9. The monoisotopic (exact) mass is 581 g/mol. The number of hydrogen-bond donors (Lipinski definition) is 3. The zero-order chi connectivity index (χ0) is 29.4. The Morgan fingerprint density at radius 1 is 1.32 bits per heavy atom. The van der Waals surface area contributed by atoms with Crippen LogP contribution in [0.5, 0.6) is 5.75 Å². The van der Waals surface area contributed by atoms with E-state index in [2.05, 4.69) is 14.8 Å². The van der Waals surface area contributed by atoms with Gasteiger partial charge in [-0.25, -0.2) is 13.8 Å². The number of carbonyl (C=O) groups is 1. The molecule has 1 aliphatic rings. The van der Waals surface area contributed by atoms with Crippen LogP contribution < -0.4 is 20.9 Å². The highest BCUT2D eigenvalue weighted by molar-refractivity contribution is 7.52. The van der Waals surface area contributed by atoms with Gasteiger partial charge in [0.15, 0.2) is 6.29 Å². The van der Waals surface area contributed by atoms with Gasteiger partial charge in [-0.3, -0.25) is 23.7 Å². The van der Waals surface area contributed by atoms with Crippen LogP contribution >= 0.6 is 7.75 Å². The number of para-hydroxylation sites is 1. The maximum absolute atomic E-state index is 13.7. The van der Waals surface area contributed by atoms with Crippen molar-refractivity contribution in [3.05, 3.63) is 80.4 Å². The van der Waals surface area contributed by atoms with Gasteiger partial charge in [-0.05, 0) is 51.3 Å². The summed E-state index contributed by atoms with van der Waals surface area (Å²) in [5.41, 5.74) is -0.716. The summed E-state index contributed by atoms with van der Waals surface area (Å²) in [4.78, 5) is 39.0. The van der Waals surface area contributed by atoms with E-state index in [4.69, 9.17) is 13.8 Å². The highest BCUT2D eigenvalue weighted by atomic mass is 31.2. The number of methoxy groups -OCH3 is 1. The lowest BCUT2D eigenvalue weighted by atomic mass is 10.1. The maximum Gasteiger partial charge on any atom is 0.461 e. The molecule has 2 aromatic rings. The molecular weight excluding hydrogens is 548 g/mol. The van der Waals surface area contributed by atoms with Gasteiger partial charge in [0.05, 0.1) is 18.5 Å². The highest BCUT2D eigenvalue weighted by Gasteiger charge is 2.43. The topological polar surface area (TPSA) is 158 Å². The third kappa shape index (κ3) is 8.33. The number of esters is 1. The second kappa shape index (κ2) is 13.8. The fraction of sp³-hybridized carbons (Fsp3) is 0.423. The number of H-pyrrole nitrogens is 1. The smallest absolute Gasteiger partial charge is 0.461 e. The van der Waals surface area contributed by atoms with Gasteiger partial charge in [-0.2, -0.15) is 5.09 Å². The van der Waals surface area contributed by atoms with E-state index in [1.807, 2.05) is 0 Å².